The Labute approximate surface area is 149 Å². The van der Waals surface area contributed by atoms with Crippen molar-refractivity contribution in [3.05, 3.63) is 59.2 Å². The molecule has 0 fully saturated rings. The zero-order valence-corrected chi connectivity index (χ0v) is 14.2. The van der Waals surface area contributed by atoms with E-state index in [1.807, 2.05) is 0 Å². The normalized spacial score (nSPS) is 10.6. The van der Waals surface area contributed by atoms with Crippen molar-refractivity contribution in [3.63, 3.8) is 0 Å². The van der Waals surface area contributed by atoms with Crippen LogP contribution in [0.1, 0.15) is 27.9 Å². The molecule has 2 aromatic carbocycles. The molecule has 1 amide bonds. The van der Waals surface area contributed by atoms with Crippen LogP contribution in [-0.2, 0) is 11.2 Å². The number of rotatable bonds is 8. The van der Waals surface area contributed by atoms with E-state index in [0.29, 0.717) is 16.8 Å². The first-order valence-corrected chi connectivity index (χ1v) is 7.99. The van der Waals surface area contributed by atoms with E-state index in [2.05, 4.69) is 5.32 Å². The molecule has 0 aromatic heterocycles. The minimum Gasteiger partial charge on any atom is -0.487 e. The molecule has 0 radical (unpaired) electrons. The van der Waals surface area contributed by atoms with Gasteiger partial charge in [-0.15, -0.1) is 0 Å². The van der Waals surface area contributed by atoms with Crippen LogP contribution in [0.3, 0.4) is 0 Å². The Balaban J connectivity index is 1.98. The van der Waals surface area contributed by atoms with Crippen molar-refractivity contribution < 1.29 is 28.2 Å². The number of anilines is 1. The molecule has 138 valence electrons. The minimum absolute atomic E-state index is 0.0887. The fourth-order valence-electron chi connectivity index (χ4n) is 2.40. The van der Waals surface area contributed by atoms with Crippen molar-refractivity contribution >= 4 is 17.6 Å². The molecule has 0 aliphatic rings. The van der Waals surface area contributed by atoms with E-state index in [1.165, 1.54) is 12.1 Å². The summed E-state index contributed by atoms with van der Waals surface area (Å²) < 4.78 is 29.6. The van der Waals surface area contributed by atoms with Gasteiger partial charge in [0.25, 0.3) is 6.43 Å². The zero-order chi connectivity index (χ0) is 19.1. The van der Waals surface area contributed by atoms with Crippen LogP contribution in [0.25, 0.3) is 0 Å². The highest BCUT2D eigenvalue weighted by molar-refractivity contribution is 5.92. The second-order valence-corrected chi connectivity index (χ2v) is 5.69. The molecular weight excluding hydrogens is 344 g/mol. The summed E-state index contributed by atoms with van der Waals surface area (Å²) >= 11 is 0. The number of carboxylic acids is 1. The molecule has 0 aliphatic heterocycles. The van der Waals surface area contributed by atoms with Crippen LogP contribution in [-0.4, -0.2) is 30.0 Å². The largest absolute Gasteiger partial charge is 0.487 e. The van der Waals surface area contributed by atoms with Gasteiger partial charge in [0, 0.05) is 18.2 Å². The van der Waals surface area contributed by atoms with Gasteiger partial charge >= 0.3 is 5.97 Å². The van der Waals surface area contributed by atoms with Crippen LogP contribution in [0.4, 0.5) is 14.5 Å². The standard InChI is InChI=1S/C19H19F2NO4/c1-12-6-8-14(10-16(12)26-11-17(20)21)22-18(23)9-7-13-4-2-3-5-15(13)19(24)25/h2-6,8,10,17H,7,9,11H2,1H3,(H,22,23)(H,24,25). The summed E-state index contributed by atoms with van der Waals surface area (Å²) in [6, 6.07) is 11.3. The van der Waals surface area contributed by atoms with Crippen LogP contribution in [0.15, 0.2) is 42.5 Å². The molecule has 0 atom stereocenters. The van der Waals surface area contributed by atoms with Crippen molar-refractivity contribution in [1.29, 1.82) is 0 Å². The lowest BCUT2D eigenvalue weighted by Crippen LogP contribution is -2.14. The smallest absolute Gasteiger partial charge is 0.335 e. The maximum Gasteiger partial charge on any atom is 0.335 e. The molecular formula is C19H19F2NO4. The number of carboxylic acid groups (broad SMARTS) is 1. The highest BCUT2D eigenvalue weighted by Crippen LogP contribution is 2.23. The van der Waals surface area contributed by atoms with E-state index >= 15 is 0 Å². The predicted molar refractivity (Wildman–Crippen MR) is 93.0 cm³/mol. The Kier molecular flexibility index (Phi) is 6.66. The van der Waals surface area contributed by atoms with Crippen LogP contribution in [0.5, 0.6) is 5.75 Å². The number of carbonyl (C=O) groups excluding carboxylic acids is 1. The van der Waals surface area contributed by atoms with Gasteiger partial charge in [0.15, 0.2) is 0 Å². The third-order valence-corrected chi connectivity index (χ3v) is 3.71. The second-order valence-electron chi connectivity index (χ2n) is 5.69. The highest BCUT2D eigenvalue weighted by atomic mass is 19.3. The molecule has 0 unspecified atom stereocenters. The monoisotopic (exact) mass is 363 g/mol. The molecule has 0 heterocycles. The van der Waals surface area contributed by atoms with Crippen molar-refractivity contribution in [1.82, 2.24) is 0 Å². The lowest BCUT2D eigenvalue weighted by molar-refractivity contribution is -0.116. The van der Waals surface area contributed by atoms with Gasteiger partial charge in [0.1, 0.15) is 12.4 Å². The molecule has 7 heteroatoms. The van der Waals surface area contributed by atoms with Gasteiger partial charge in [0.2, 0.25) is 5.91 Å². The predicted octanol–water partition coefficient (Wildman–Crippen LogP) is 3.91. The molecule has 26 heavy (non-hydrogen) atoms. The lowest BCUT2D eigenvalue weighted by atomic mass is 10.0. The number of amides is 1. The highest BCUT2D eigenvalue weighted by Gasteiger charge is 2.12. The van der Waals surface area contributed by atoms with Crippen LogP contribution in [0.2, 0.25) is 0 Å². The summed E-state index contributed by atoms with van der Waals surface area (Å²) in [5.74, 6) is -1.08. The Morgan fingerprint density at radius 2 is 1.92 bits per heavy atom. The second kappa shape index (κ2) is 8.94. The summed E-state index contributed by atoms with van der Waals surface area (Å²) in [4.78, 5) is 23.3. The first-order chi connectivity index (χ1) is 12.4. The number of alkyl halides is 2. The number of nitrogens with one attached hydrogen (secondary N) is 1. The summed E-state index contributed by atoms with van der Waals surface area (Å²) in [5, 5.41) is 11.8. The average Bonchev–Trinajstić information content (AvgIpc) is 2.60. The summed E-state index contributed by atoms with van der Waals surface area (Å²) in [6.07, 6.45) is -2.22. The molecule has 2 N–H and O–H groups in total. The van der Waals surface area contributed by atoms with E-state index < -0.39 is 19.0 Å². The maximum absolute atomic E-state index is 12.3. The number of carbonyl (C=O) groups is 2. The Morgan fingerprint density at radius 3 is 2.62 bits per heavy atom. The Hall–Kier alpha value is -2.96. The van der Waals surface area contributed by atoms with Gasteiger partial charge in [0.05, 0.1) is 5.56 Å². The van der Waals surface area contributed by atoms with E-state index in [1.54, 1.807) is 37.3 Å². The van der Waals surface area contributed by atoms with Gasteiger partial charge in [-0.25, -0.2) is 13.6 Å². The summed E-state index contributed by atoms with van der Waals surface area (Å²) in [6.45, 7) is 0.999. The lowest BCUT2D eigenvalue weighted by Gasteiger charge is -2.12. The Morgan fingerprint density at radius 1 is 1.19 bits per heavy atom. The third kappa shape index (κ3) is 5.54. The number of benzene rings is 2. The van der Waals surface area contributed by atoms with E-state index in [0.717, 1.165) is 0 Å². The van der Waals surface area contributed by atoms with Gasteiger partial charge in [-0.3, -0.25) is 4.79 Å². The molecule has 2 aromatic rings. The number of aromatic carboxylic acids is 1. The molecule has 2 rings (SSSR count). The number of ether oxygens (including phenoxy) is 1. The fraction of sp³-hybridized carbons (Fsp3) is 0.263. The molecule has 0 bridgehead atoms. The number of halogens is 2. The number of hydrogen-bond acceptors (Lipinski definition) is 3. The van der Waals surface area contributed by atoms with Crippen molar-refractivity contribution in [2.75, 3.05) is 11.9 Å². The van der Waals surface area contributed by atoms with Crippen molar-refractivity contribution in [2.24, 2.45) is 0 Å². The van der Waals surface area contributed by atoms with Crippen LogP contribution < -0.4 is 10.1 Å². The molecule has 0 spiro atoms. The first kappa shape index (κ1) is 19.4. The number of hydrogen-bond donors (Lipinski definition) is 2. The molecule has 0 aliphatic carbocycles. The molecule has 0 saturated heterocycles. The summed E-state index contributed by atoms with van der Waals surface area (Å²) in [7, 11) is 0. The minimum atomic E-state index is -2.58. The van der Waals surface area contributed by atoms with Gasteiger partial charge < -0.3 is 15.2 Å². The van der Waals surface area contributed by atoms with Crippen molar-refractivity contribution in [3.8, 4) is 5.75 Å². The average molecular weight is 363 g/mol. The third-order valence-electron chi connectivity index (χ3n) is 3.71. The van der Waals surface area contributed by atoms with Crippen LogP contribution >= 0.6 is 0 Å². The SMILES string of the molecule is Cc1ccc(NC(=O)CCc2ccccc2C(=O)O)cc1OCC(F)F. The first-order valence-electron chi connectivity index (χ1n) is 7.99. The van der Waals surface area contributed by atoms with E-state index in [9.17, 15) is 18.4 Å². The Bertz CT molecular complexity index is 793. The maximum atomic E-state index is 12.3. The quantitative estimate of drug-likeness (QED) is 0.746. The van der Waals surface area contributed by atoms with Crippen molar-refractivity contribution in [2.45, 2.75) is 26.2 Å². The van der Waals surface area contributed by atoms with E-state index in [-0.39, 0.29) is 30.1 Å². The van der Waals surface area contributed by atoms with Gasteiger partial charge in [-0.1, -0.05) is 24.3 Å². The fourth-order valence-corrected chi connectivity index (χ4v) is 2.40. The molecule has 0 saturated carbocycles. The van der Waals surface area contributed by atoms with Crippen LogP contribution in [0, 0.1) is 6.92 Å². The van der Waals surface area contributed by atoms with E-state index in [4.69, 9.17) is 9.84 Å². The van der Waals surface area contributed by atoms with Gasteiger partial charge in [-0.2, -0.15) is 0 Å². The topological polar surface area (TPSA) is 75.6 Å². The van der Waals surface area contributed by atoms with Gasteiger partial charge in [-0.05, 0) is 36.6 Å². The summed E-state index contributed by atoms with van der Waals surface area (Å²) in [5.41, 5.74) is 1.84. The molecule has 5 nitrogen and oxygen atoms in total. The zero-order valence-electron chi connectivity index (χ0n) is 14.2. The number of aryl methyl sites for hydroxylation is 2.